The molecular weight excluding hydrogens is 344 g/mol. The largest absolute Gasteiger partial charge is 0.456 e. The van der Waals surface area contributed by atoms with Crippen LogP contribution >= 0.6 is 0 Å². The summed E-state index contributed by atoms with van der Waals surface area (Å²) in [7, 11) is 7.25. The normalized spacial score (nSPS) is 11.6. The van der Waals surface area contributed by atoms with Gasteiger partial charge in [-0.1, -0.05) is 0 Å². The van der Waals surface area contributed by atoms with Gasteiger partial charge in [-0.2, -0.15) is 0 Å². The van der Waals surface area contributed by atoms with Gasteiger partial charge in [0.05, 0.1) is 23.9 Å². The number of nitrogens with zero attached hydrogens (tertiary/aromatic N) is 2. The Bertz CT molecular complexity index is 1010. The number of fused-ring (bicyclic) bond motifs is 2. The van der Waals surface area contributed by atoms with E-state index in [1.807, 2.05) is 28.2 Å². The van der Waals surface area contributed by atoms with Crippen molar-refractivity contribution in [3.8, 4) is 0 Å². The van der Waals surface area contributed by atoms with Crippen LogP contribution in [0, 0.1) is 0 Å². The first-order valence-corrected chi connectivity index (χ1v) is 8.63. The van der Waals surface area contributed by atoms with Crippen LogP contribution in [0.4, 0.5) is 0 Å². The SMILES string of the molecule is CN(C)CC(=O)c1ccc2oc3ccc(C(=O)CN(C)C)cc3c(=O)c2c1. The Balaban J connectivity index is 2.13. The Morgan fingerprint density at radius 1 is 0.778 bits per heavy atom. The molecule has 3 aromatic rings. The predicted molar refractivity (Wildman–Crippen MR) is 106 cm³/mol. The third kappa shape index (κ3) is 3.97. The fourth-order valence-corrected chi connectivity index (χ4v) is 2.96. The van der Waals surface area contributed by atoms with E-state index in [1.54, 1.807) is 46.2 Å². The third-order valence-electron chi connectivity index (χ3n) is 4.23. The molecule has 140 valence electrons. The lowest BCUT2D eigenvalue weighted by atomic mass is 10.0. The quantitative estimate of drug-likeness (QED) is 0.493. The molecule has 1 heterocycles. The molecule has 0 radical (unpaired) electrons. The van der Waals surface area contributed by atoms with Crippen LogP contribution in [0.3, 0.4) is 0 Å². The molecule has 0 saturated heterocycles. The van der Waals surface area contributed by atoms with Crippen LogP contribution in [0.15, 0.2) is 45.6 Å². The van der Waals surface area contributed by atoms with Crippen LogP contribution in [0.5, 0.6) is 0 Å². The molecule has 0 aliphatic heterocycles. The molecule has 0 aliphatic rings. The van der Waals surface area contributed by atoms with Crippen LogP contribution in [-0.4, -0.2) is 62.6 Å². The Hall–Kier alpha value is -2.83. The summed E-state index contributed by atoms with van der Waals surface area (Å²) in [6.07, 6.45) is 0. The lowest BCUT2D eigenvalue weighted by molar-refractivity contribution is 0.0950. The standard InChI is InChI=1S/C21H22N2O4/c1-22(2)11-17(24)13-5-7-19-15(9-13)21(26)16-10-14(6-8-20(16)27-19)18(25)12-23(3)4/h5-10H,11-12H2,1-4H3. The van der Waals surface area contributed by atoms with Gasteiger partial charge < -0.3 is 14.2 Å². The zero-order valence-electron chi connectivity index (χ0n) is 15.9. The summed E-state index contributed by atoms with van der Waals surface area (Å²) >= 11 is 0. The molecule has 1 aromatic heterocycles. The molecule has 6 heteroatoms. The summed E-state index contributed by atoms with van der Waals surface area (Å²) in [5.41, 5.74) is 1.51. The van der Waals surface area contributed by atoms with Gasteiger partial charge in [0.15, 0.2) is 11.6 Å². The van der Waals surface area contributed by atoms with Crippen LogP contribution in [0.1, 0.15) is 20.7 Å². The monoisotopic (exact) mass is 366 g/mol. The van der Waals surface area contributed by atoms with Gasteiger partial charge in [0.2, 0.25) is 5.43 Å². The van der Waals surface area contributed by atoms with Crippen molar-refractivity contribution < 1.29 is 14.0 Å². The lowest BCUT2D eigenvalue weighted by Gasteiger charge is -2.10. The molecule has 0 spiro atoms. The highest BCUT2D eigenvalue weighted by Gasteiger charge is 2.14. The molecule has 0 fully saturated rings. The van der Waals surface area contributed by atoms with Gasteiger partial charge in [0.25, 0.3) is 0 Å². The average Bonchev–Trinajstić information content (AvgIpc) is 2.60. The molecule has 0 bridgehead atoms. The number of likely N-dealkylation sites (N-methyl/N-ethyl adjacent to an activating group) is 2. The van der Waals surface area contributed by atoms with Gasteiger partial charge in [-0.25, -0.2) is 0 Å². The smallest absolute Gasteiger partial charge is 0.200 e. The van der Waals surface area contributed by atoms with Crippen molar-refractivity contribution in [2.45, 2.75) is 0 Å². The van der Waals surface area contributed by atoms with Gasteiger partial charge in [-0.3, -0.25) is 14.4 Å². The molecule has 27 heavy (non-hydrogen) atoms. The molecule has 0 saturated carbocycles. The van der Waals surface area contributed by atoms with Gasteiger partial charge in [0.1, 0.15) is 11.2 Å². The average molecular weight is 366 g/mol. The highest BCUT2D eigenvalue weighted by molar-refractivity contribution is 6.03. The van der Waals surface area contributed by atoms with E-state index in [9.17, 15) is 14.4 Å². The maximum atomic E-state index is 13.0. The minimum atomic E-state index is -0.245. The van der Waals surface area contributed by atoms with E-state index in [4.69, 9.17) is 4.42 Å². The van der Waals surface area contributed by atoms with Gasteiger partial charge >= 0.3 is 0 Å². The molecule has 0 aliphatic carbocycles. The van der Waals surface area contributed by atoms with Gasteiger partial charge in [-0.15, -0.1) is 0 Å². The van der Waals surface area contributed by atoms with Crippen molar-refractivity contribution in [1.82, 2.24) is 9.80 Å². The Kier molecular flexibility index (Phi) is 5.21. The first-order valence-electron chi connectivity index (χ1n) is 8.63. The summed E-state index contributed by atoms with van der Waals surface area (Å²) in [6, 6.07) is 9.76. The molecule has 2 aromatic carbocycles. The van der Waals surface area contributed by atoms with Crippen molar-refractivity contribution in [2.75, 3.05) is 41.3 Å². The second-order valence-corrected chi connectivity index (χ2v) is 7.17. The molecule has 0 amide bonds. The minimum Gasteiger partial charge on any atom is -0.456 e. The Morgan fingerprint density at radius 2 is 1.19 bits per heavy atom. The van der Waals surface area contributed by atoms with Crippen molar-refractivity contribution in [3.05, 3.63) is 57.7 Å². The zero-order chi connectivity index (χ0) is 19.7. The molecule has 0 atom stereocenters. The molecule has 6 nitrogen and oxygen atoms in total. The van der Waals surface area contributed by atoms with Crippen LogP contribution < -0.4 is 5.43 Å². The number of carbonyl (C=O) groups excluding carboxylic acids is 2. The minimum absolute atomic E-state index is 0.0729. The topological polar surface area (TPSA) is 70.8 Å². The fourth-order valence-electron chi connectivity index (χ4n) is 2.96. The molecule has 0 unspecified atom stereocenters. The lowest BCUT2D eigenvalue weighted by Crippen LogP contribution is -2.22. The second-order valence-electron chi connectivity index (χ2n) is 7.17. The maximum absolute atomic E-state index is 13.0. The fraction of sp³-hybridized carbons (Fsp3) is 0.286. The third-order valence-corrected chi connectivity index (χ3v) is 4.23. The van der Waals surface area contributed by atoms with E-state index < -0.39 is 0 Å². The van der Waals surface area contributed by atoms with E-state index in [0.29, 0.717) is 33.1 Å². The van der Waals surface area contributed by atoms with Crippen LogP contribution in [0.25, 0.3) is 21.9 Å². The van der Waals surface area contributed by atoms with Crippen molar-refractivity contribution in [3.63, 3.8) is 0 Å². The van der Waals surface area contributed by atoms with Crippen molar-refractivity contribution >= 4 is 33.5 Å². The maximum Gasteiger partial charge on any atom is 0.200 e. The zero-order valence-corrected chi connectivity index (χ0v) is 15.9. The number of ketones is 2. The molecule has 0 N–H and O–H groups in total. The number of rotatable bonds is 6. The predicted octanol–water partition coefficient (Wildman–Crippen LogP) is 2.43. The highest BCUT2D eigenvalue weighted by Crippen LogP contribution is 2.21. The number of hydrogen-bond donors (Lipinski definition) is 0. The first kappa shape index (κ1) is 18.9. The highest BCUT2D eigenvalue weighted by atomic mass is 16.3. The van der Waals surface area contributed by atoms with E-state index in [-0.39, 0.29) is 30.1 Å². The number of hydrogen-bond acceptors (Lipinski definition) is 6. The number of Topliss-reactive ketones (excluding diaryl/α,β-unsaturated/α-hetero) is 2. The van der Waals surface area contributed by atoms with Crippen LogP contribution in [0.2, 0.25) is 0 Å². The molecular formula is C21H22N2O4. The van der Waals surface area contributed by atoms with E-state index in [2.05, 4.69) is 0 Å². The number of carbonyl (C=O) groups is 2. The van der Waals surface area contributed by atoms with E-state index in [1.165, 1.54) is 0 Å². The summed E-state index contributed by atoms with van der Waals surface area (Å²) < 4.78 is 5.82. The molecule has 3 rings (SSSR count). The summed E-state index contributed by atoms with van der Waals surface area (Å²) in [5, 5.41) is 0.675. The first-order chi connectivity index (χ1) is 12.8. The number of benzene rings is 2. The van der Waals surface area contributed by atoms with Gasteiger partial charge in [0, 0.05) is 11.1 Å². The summed E-state index contributed by atoms with van der Waals surface area (Å²) in [5.74, 6) is -0.146. The summed E-state index contributed by atoms with van der Waals surface area (Å²) in [4.78, 5) is 41.1. The van der Waals surface area contributed by atoms with Crippen LogP contribution in [-0.2, 0) is 0 Å². The van der Waals surface area contributed by atoms with Gasteiger partial charge in [-0.05, 0) is 64.6 Å². The Labute approximate surface area is 157 Å². The summed E-state index contributed by atoms with van der Waals surface area (Å²) in [6.45, 7) is 0.515. The van der Waals surface area contributed by atoms with E-state index in [0.717, 1.165) is 0 Å². The van der Waals surface area contributed by atoms with Crippen molar-refractivity contribution in [1.29, 1.82) is 0 Å². The second kappa shape index (κ2) is 7.42. The van der Waals surface area contributed by atoms with Crippen molar-refractivity contribution in [2.24, 2.45) is 0 Å². The van der Waals surface area contributed by atoms with E-state index >= 15 is 0 Å². The Morgan fingerprint density at radius 3 is 1.56 bits per heavy atom.